The second-order valence-corrected chi connectivity index (χ2v) is 23.8. The largest absolute Gasteiger partial charge is 0.456 e. The number of ether oxygens (including phenoxy) is 2. The van der Waals surface area contributed by atoms with Gasteiger partial charge in [0.15, 0.2) is 0 Å². The van der Waals surface area contributed by atoms with Gasteiger partial charge in [-0.25, -0.2) is 18.4 Å². The molecule has 70 heavy (non-hydrogen) atoms. The van der Waals surface area contributed by atoms with E-state index >= 15 is 8.78 Å². The Balaban J connectivity index is 0.000000206. The fourth-order valence-corrected chi connectivity index (χ4v) is 11.2. The predicted octanol–water partition coefficient (Wildman–Crippen LogP) is 14.5. The SMILES string of the molecule is C[C@H](c1cc(Cl)cc(Cl)c1)N1CCN(Cc2cc(F)c(C(=O)OC(C)(C)C)cc2C2CC2)C[C@@H]1C.C[C@H]1CN(Cc2cc(F)c(C(=O)OC(C)(C)C)cc2C2CC2)CCN1[C@@H](C)c1cc(Cl)cc(Cl)c1. The predicted molar refractivity (Wildman–Crippen MR) is 280 cm³/mol. The molecule has 0 amide bonds. The molecule has 380 valence electrons. The minimum atomic E-state index is -0.661. The molecule has 4 atom stereocenters. The van der Waals surface area contributed by atoms with Gasteiger partial charge < -0.3 is 9.47 Å². The highest BCUT2D eigenvalue weighted by Crippen LogP contribution is 2.44. The molecule has 8 nitrogen and oxygen atoms in total. The normalized spacial score (nSPS) is 20.6. The molecule has 0 bridgehead atoms. The van der Waals surface area contributed by atoms with Crippen molar-refractivity contribution in [1.82, 2.24) is 19.6 Å². The fraction of sp³-hybridized carbons (Fsp3) is 0.536. The molecular formula is C56H70Cl4F2N4O4. The summed E-state index contributed by atoms with van der Waals surface area (Å²) in [4.78, 5) is 34.9. The molecule has 4 aliphatic rings. The van der Waals surface area contributed by atoms with Crippen molar-refractivity contribution in [2.75, 3.05) is 39.3 Å². The summed E-state index contributed by atoms with van der Waals surface area (Å²) in [5.74, 6) is -1.40. The third kappa shape index (κ3) is 14.5. The fourth-order valence-electron chi connectivity index (χ4n) is 10.1. The Labute approximate surface area is 434 Å². The van der Waals surface area contributed by atoms with Crippen LogP contribution in [0, 0.1) is 11.6 Å². The highest BCUT2D eigenvalue weighted by Gasteiger charge is 2.35. The quantitative estimate of drug-likeness (QED) is 0.130. The van der Waals surface area contributed by atoms with E-state index in [-0.39, 0.29) is 23.2 Å². The van der Waals surface area contributed by atoms with E-state index < -0.39 is 34.8 Å². The maximum Gasteiger partial charge on any atom is 0.341 e. The Morgan fingerprint density at radius 1 is 0.557 bits per heavy atom. The first-order chi connectivity index (χ1) is 32.8. The minimum Gasteiger partial charge on any atom is -0.456 e. The maximum atomic E-state index is 15.0. The number of rotatable bonds is 12. The molecule has 4 fully saturated rings. The summed E-state index contributed by atoms with van der Waals surface area (Å²) in [5.41, 5.74) is 5.11. The topological polar surface area (TPSA) is 65.6 Å². The van der Waals surface area contributed by atoms with Crippen LogP contribution in [-0.4, -0.2) is 94.1 Å². The Morgan fingerprint density at radius 3 is 1.17 bits per heavy atom. The standard InChI is InChI=1S/2C28H35Cl2FN2O2/c2*1-17-15-32(8-9-33(17)18(2)20-10-22(29)13-23(30)11-20)16-21-12-26(31)25(14-24(21)19-6-7-19)27(34)35-28(3,4)5/h2*10-14,17-19H,6-9,15-16H2,1-5H3/t17-,18+;17-,18-/m00/s1. The highest BCUT2D eigenvalue weighted by molar-refractivity contribution is 6.35. The molecule has 8 rings (SSSR count). The average Bonchev–Trinajstić information content (AvgIpc) is 4.18. The summed E-state index contributed by atoms with van der Waals surface area (Å²) in [5, 5.41) is 2.59. The Kier molecular flexibility index (Phi) is 17.4. The van der Waals surface area contributed by atoms with Crippen LogP contribution in [0.4, 0.5) is 8.78 Å². The summed E-state index contributed by atoms with van der Waals surface area (Å²) in [7, 11) is 0. The molecule has 4 aromatic rings. The zero-order chi connectivity index (χ0) is 51.0. The molecule has 2 aliphatic carbocycles. The van der Waals surface area contributed by atoms with Crippen LogP contribution < -0.4 is 0 Å². The molecule has 0 unspecified atom stereocenters. The number of nitrogens with zero attached hydrogens (tertiary/aromatic N) is 4. The summed E-state index contributed by atoms with van der Waals surface area (Å²) in [6.07, 6.45) is 4.32. The Morgan fingerprint density at radius 2 is 0.886 bits per heavy atom. The van der Waals surface area contributed by atoms with Crippen molar-refractivity contribution in [2.24, 2.45) is 0 Å². The minimum absolute atomic E-state index is 0.0396. The van der Waals surface area contributed by atoms with Gasteiger partial charge in [0.05, 0.1) is 11.1 Å². The lowest BCUT2D eigenvalue weighted by Crippen LogP contribution is -2.52. The van der Waals surface area contributed by atoms with Crippen molar-refractivity contribution in [1.29, 1.82) is 0 Å². The van der Waals surface area contributed by atoms with E-state index in [1.807, 2.05) is 24.3 Å². The lowest BCUT2D eigenvalue weighted by Gasteiger charge is -2.43. The van der Waals surface area contributed by atoms with Crippen LogP contribution >= 0.6 is 46.4 Å². The van der Waals surface area contributed by atoms with Crippen molar-refractivity contribution >= 4 is 58.3 Å². The number of carbonyl (C=O) groups excluding carboxylic acids is 2. The lowest BCUT2D eigenvalue weighted by atomic mass is 9.98. The number of halogens is 6. The van der Waals surface area contributed by atoms with E-state index in [1.54, 1.807) is 77.9 Å². The number of esters is 2. The van der Waals surface area contributed by atoms with E-state index in [0.29, 0.717) is 57.1 Å². The van der Waals surface area contributed by atoms with Crippen molar-refractivity contribution in [3.05, 3.63) is 137 Å². The number of hydrogen-bond donors (Lipinski definition) is 0. The molecule has 4 aromatic carbocycles. The first kappa shape index (κ1) is 54.5. The maximum absolute atomic E-state index is 15.0. The summed E-state index contributed by atoms with van der Waals surface area (Å²) in [6.45, 7) is 26.2. The van der Waals surface area contributed by atoms with Crippen molar-refractivity contribution in [3.8, 4) is 0 Å². The molecule has 0 spiro atoms. The molecule has 2 aliphatic heterocycles. The zero-order valence-electron chi connectivity index (χ0n) is 42.4. The van der Waals surface area contributed by atoms with Gasteiger partial charge in [-0.15, -0.1) is 0 Å². The van der Waals surface area contributed by atoms with Crippen LogP contribution in [0.5, 0.6) is 0 Å². The van der Waals surface area contributed by atoms with E-state index in [4.69, 9.17) is 55.9 Å². The first-order valence-electron chi connectivity index (χ1n) is 24.8. The molecule has 14 heteroatoms. The van der Waals surface area contributed by atoms with Gasteiger partial charge in [-0.05, 0) is 201 Å². The van der Waals surface area contributed by atoms with E-state index in [9.17, 15) is 9.59 Å². The van der Waals surface area contributed by atoms with E-state index in [2.05, 4.69) is 47.3 Å². The number of hydrogen-bond acceptors (Lipinski definition) is 8. The molecule has 2 saturated carbocycles. The van der Waals surface area contributed by atoms with Crippen LogP contribution in [0.25, 0.3) is 0 Å². The first-order valence-corrected chi connectivity index (χ1v) is 26.3. The molecule has 2 saturated heterocycles. The van der Waals surface area contributed by atoms with Crippen LogP contribution in [0.1, 0.15) is 173 Å². The van der Waals surface area contributed by atoms with Crippen LogP contribution in [-0.2, 0) is 22.6 Å². The molecule has 0 aromatic heterocycles. The Bertz CT molecular complexity index is 2330. The third-order valence-electron chi connectivity index (χ3n) is 13.8. The van der Waals surface area contributed by atoms with E-state index in [1.165, 1.54) is 0 Å². The van der Waals surface area contributed by atoms with Gasteiger partial charge in [0.1, 0.15) is 22.8 Å². The number of carbonyl (C=O) groups is 2. The van der Waals surface area contributed by atoms with Crippen LogP contribution in [0.15, 0.2) is 60.7 Å². The number of piperazine rings is 2. The van der Waals surface area contributed by atoms with Gasteiger partial charge in [0, 0.05) is 96.6 Å². The van der Waals surface area contributed by atoms with Gasteiger partial charge in [0.25, 0.3) is 0 Å². The second kappa shape index (κ2) is 22.4. The zero-order valence-corrected chi connectivity index (χ0v) is 45.4. The molecule has 0 N–H and O–H groups in total. The Hall–Kier alpha value is -3.32. The molecular weight excluding hydrogens is 972 g/mol. The molecule has 2 heterocycles. The summed E-state index contributed by atoms with van der Waals surface area (Å²) in [6, 6.07) is 19.0. The third-order valence-corrected chi connectivity index (χ3v) is 14.6. The smallest absolute Gasteiger partial charge is 0.341 e. The van der Waals surface area contributed by atoms with Gasteiger partial charge in [-0.2, -0.15) is 0 Å². The van der Waals surface area contributed by atoms with Gasteiger partial charge >= 0.3 is 11.9 Å². The summed E-state index contributed by atoms with van der Waals surface area (Å²) < 4.78 is 41.0. The molecule has 0 radical (unpaired) electrons. The van der Waals surface area contributed by atoms with E-state index in [0.717, 1.165) is 98.3 Å². The van der Waals surface area contributed by atoms with Crippen molar-refractivity contribution < 1.29 is 27.8 Å². The van der Waals surface area contributed by atoms with Crippen LogP contribution in [0.3, 0.4) is 0 Å². The number of benzene rings is 4. The second-order valence-electron chi connectivity index (χ2n) is 22.0. The highest BCUT2D eigenvalue weighted by atomic mass is 35.5. The lowest BCUT2D eigenvalue weighted by molar-refractivity contribution is 0.00515. The van der Waals surface area contributed by atoms with Gasteiger partial charge in [-0.1, -0.05) is 46.4 Å². The monoisotopic (exact) mass is 1040 g/mol. The van der Waals surface area contributed by atoms with Gasteiger partial charge in [-0.3, -0.25) is 19.6 Å². The van der Waals surface area contributed by atoms with Crippen molar-refractivity contribution in [2.45, 2.75) is 155 Å². The average molecular weight is 1040 g/mol. The van der Waals surface area contributed by atoms with Crippen LogP contribution in [0.2, 0.25) is 20.1 Å². The van der Waals surface area contributed by atoms with Gasteiger partial charge in [0.2, 0.25) is 0 Å². The van der Waals surface area contributed by atoms with Crippen molar-refractivity contribution in [3.63, 3.8) is 0 Å². The summed E-state index contributed by atoms with van der Waals surface area (Å²) >= 11 is 24.9.